The van der Waals surface area contributed by atoms with E-state index in [9.17, 15) is 4.79 Å². The van der Waals surface area contributed by atoms with E-state index in [1.54, 1.807) is 6.20 Å². The number of para-hydroxylation sites is 1. The standard InChI is InChI=1S/C20H19N3O2.ClH/c1-12-13(2)23-10-8-20(7-9-21-19(24)22-20)11-15(23)18-17(12)14-5-3-4-6-16(14)25-18;/h3-7,9,11H,8,10H2,1-2H3,(H2,21,22,24);1H. The molecule has 0 saturated heterocycles. The normalized spacial score (nSPS) is 23.8. The Morgan fingerprint density at radius 1 is 1.23 bits per heavy atom. The topological polar surface area (TPSA) is 57.5 Å². The minimum absolute atomic E-state index is 0. The van der Waals surface area contributed by atoms with Crippen LogP contribution in [-0.4, -0.2) is 23.0 Å². The van der Waals surface area contributed by atoms with Gasteiger partial charge in [0.25, 0.3) is 0 Å². The summed E-state index contributed by atoms with van der Waals surface area (Å²) in [6.45, 7) is 5.14. The van der Waals surface area contributed by atoms with Crippen molar-refractivity contribution in [1.29, 1.82) is 0 Å². The maximum absolute atomic E-state index is 11.9. The molecule has 0 radical (unpaired) electrons. The van der Waals surface area contributed by atoms with Crippen molar-refractivity contribution >= 4 is 40.7 Å². The molecule has 1 spiro atoms. The Morgan fingerprint density at radius 2 is 2.04 bits per heavy atom. The fourth-order valence-electron chi connectivity index (χ4n) is 4.11. The van der Waals surface area contributed by atoms with Crippen molar-refractivity contribution in [3.05, 3.63) is 59.6 Å². The SMILES string of the molecule is CC1=C(C)N2CCC3(C=CNC(=O)N3)C=C2c2oc3ccccc3c21.Cl. The first-order chi connectivity index (χ1) is 12.1. The second-order valence-corrected chi connectivity index (χ2v) is 6.92. The van der Waals surface area contributed by atoms with Crippen molar-refractivity contribution in [3.8, 4) is 0 Å². The Balaban J connectivity index is 0.00000168. The van der Waals surface area contributed by atoms with E-state index >= 15 is 0 Å². The van der Waals surface area contributed by atoms with Crippen molar-refractivity contribution in [3.63, 3.8) is 0 Å². The molecule has 0 fully saturated rings. The summed E-state index contributed by atoms with van der Waals surface area (Å²) in [7, 11) is 0. The van der Waals surface area contributed by atoms with Gasteiger partial charge in [0.1, 0.15) is 5.58 Å². The summed E-state index contributed by atoms with van der Waals surface area (Å²) < 4.78 is 6.24. The summed E-state index contributed by atoms with van der Waals surface area (Å²) in [6, 6.07) is 7.98. The number of nitrogens with zero attached hydrogens (tertiary/aromatic N) is 1. The van der Waals surface area contributed by atoms with E-state index in [0.29, 0.717) is 0 Å². The minimum Gasteiger partial charge on any atom is -0.454 e. The number of nitrogens with one attached hydrogen (secondary N) is 2. The second kappa shape index (κ2) is 5.68. The fraction of sp³-hybridized carbons (Fsp3) is 0.250. The van der Waals surface area contributed by atoms with Gasteiger partial charge in [-0.1, -0.05) is 18.2 Å². The first-order valence-electron chi connectivity index (χ1n) is 8.54. The Labute approximate surface area is 157 Å². The van der Waals surface area contributed by atoms with Gasteiger partial charge in [-0.05, 0) is 44.1 Å². The molecular weight excluding hydrogens is 350 g/mol. The van der Waals surface area contributed by atoms with Gasteiger partial charge < -0.3 is 20.0 Å². The average Bonchev–Trinajstić information content (AvgIpc) is 2.99. The lowest BCUT2D eigenvalue weighted by atomic mass is 9.85. The Hall–Kier alpha value is -2.66. The molecule has 4 heterocycles. The second-order valence-electron chi connectivity index (χ2n) is 6.92. The van der Waals surface area contributed by atoms with Crippen LogP contribution in [0.3, 0.4) is 0 Å². The average molecular weight is 370 g/mol. The molecule has 5 rings (SSSR count). The number of amides is 2. The number of carbonyl (C=O) groups is 1. The van der Waals surface area contributed by atoms with E-state index in [-0.39, 0.29) is 18.4 Å². The number of urea groups is 1. The largest absolute Gasteiger partial charge is 0.454 e. The molecule has 1 aromatic carbocycles. The van der Waals surface area contributed by atoms with Crippen molar-refractivity contribution in [2.45, 2.75) is 25.8 Å². The van der Waals surface area contributed by atoms with Crippen LogP contribution >= 0.6 is 12.4 Å². The molecule has 2 amide bonds. The van der Waals surface area contributed by atoms with E-state index in [1.807, 2.05) is 24.3 Å². The summed E-state index contributed by atoms with van der Waals surface area (Å²) in [4.78, 5) is 14.1. The zero-order chi connectivity index (χ0) is 17.2. The first kappa shape index (κ1) is 16.8. The molecular formula is C20H20ClN3O2. The summed E-state index contributed by atoms with van der Waals surface area (Å²) >= 11 is 0. The first-order valence-corrected chi connectivity index (χ1v) is 8.54. The number of hydrogen-bond acceptors (Lipinski definition) is 3. The monoisotopic (exact) mass is 369 g/mol. The Kier molecular flexibility index (Phi) is 3.66. The van der Waals surface area contributed by atoms with Crippen LogP contribution in [-0.2, 0) is 0 Å². The van der Waals surface area contributed by atoms with Crippen LogP contribution in [0.2, 0.25) is 0 Å². The molecule has 26 heavy (non-hydrogen) atoms. The number of allylic oxidation sites excluding steroid dienone is 2. The van der Waals surface area contributed by atoms with Gasteiger partial charge in [-0.15, -0.1) is 12.4 Å². The van der Waals surface area contributed by atoms with Crippen LogP contribution in [0.1, 0.15) is 31.6 Å². The van der Waals surface area contributed by atoms with Crippen LogP contribution < -0.4 is 10.6 Å². The lowest BCUT2D eigenvalue weighted by Crippen LogP contribution is -2.55. The summed E-state index contributed by atoms with van der Waals surface area (Å²) in [6.07, 6.45) is 6.69. The van der Waals surface area contributed by atoms with Crippen LogP contribution in [0.5, 0.6) is 0 Å². The highest BCUT2D eigenvalue weighted by molar-refractivity contribution is 5.99. The maximum atomic E-state index is 11.9. The van der Waals surface area contributed by atoms with Crippen LogP contribution in [0.25, 0.3) is 22.2 Å². The van der Waals surface area contributed by atoms with Gasteiger partial charge in [-0.2, -0.15) is 0 Å². The van der Waals surface area contributed by atoms with Gasteiger partial charge in [0.2, 0.25) is 0 Å². The van der Waals surface area contributed by atoms with E-state index < -0.39 is 5.54 Å². The third-order valence-corrected chi connectivity index (χ3v) is 5.53. The van der Waals surface area contributed by atoms with E-state index in [0.717, 1.165) is 41.0 Å². The number of hydrogen-bond donors (Lipinski definition) is 2. The van der Waals surface area contributed by atoms with Crippen molar-refractivity contribution in [1.82, 2.24) is 15.5 Å². The zero-order valence-electron chi connectivity index (χ0n) is 14.6. The molecule has 1 atom stereocenters. The van der Waals surface area contributed by atoms with Crippen molar-refractivity contribution in [2.75, 3.05) is 6.54 Å². The van der Waals surface area contributed by atoms with Crippen molar-refractivity contribution in [2.24, 2.45) is 0 Å². The number of fused-ring (bicyclic) bond motifs is 5. The quantitative estimate of drug-likeness (QED) is 0.730. The smallest absolute Gasteiger partial charge is 0.319 e. The van der Waals surface area contributed by atoms with E-state index in [4.69, 9.17) is 4.42 Å². The molecule has 3 aliphatic rings. The van der Waals surface area contributed by atoms with Crippen LogP contribution in [0, 0.1) is 0 Å². The lowest BCUT2D eigenvalue weighted by molar-refractivity contribution is 0.232. The van der Waals surface area contributed by atoms with Crippen molar-refractivity contribution < 1.29 is 9.21 Å². The third-order valence-electron chi connectivity index (χ3n) is 5.53. The highest BCUT2D eigenvalue weighted by Crippen LogP contribution is 2.46. The molecule has 5 nitrogen and oxygen atoms in total. The molecule has 0 bridgehead atoms. The number of halogens is 1. The summed E-state index contributed by atoms with van der Waals surface area (Å²) in [5.41, 5.74) is 5.12. The Bertz CT molecular complexity index is 1020. The maximum Gasteiger partial charge on any atom is 0.319 e. The number of furan rings is 1. The molecule has 6 heteroatoms. The predicted molar refractivity (Wildman–Crippen MR) is 105 cm³/mol. The van der Waals surface area contributed by atoms with Gasteiger partial charge in [-0.3, -0.25) is 0 Å². The van der Waals surface area contributed by atoms with Gasteiger partial charge in [0.15, 0.2) is 5.76 Å². The van der Waals surface area contributed by atoms with E-state index in [1.165, 1.54) is 11.3 Å². The van der Waals surface area contributed by atoms with Gasteiger partial charge in [-0.25, -0.2) is 4.79 Å². The molecule has 134 valence electrons. The summed E-state index contributed by atoms with van der Waals surface area (Å²) in [5.74, 6) is 0.893. The Morgan fingerprint density at radius 3 is 2.85 bits per heavy atom. The third kappa shape index (κ3) is 2.20. The highest BCUT2D eigenvalue weighted by atomic mass is 35.5. The number of rotatable bonds is 0. The molecule has 0 saturated carbocycles. The molecule has 0 aliphatic carbocycles. The van der Waals surface area contributed by atoms with Gasteiger partial charge in [0.05, 0.1) is 11.2 Å². The molecule has 1 aromatic heterocycles. The molecule has 1 unspecified atom stereocenters. The van der Waals surface area contributed by atoms with E-state index in [2.05, 4.69) is 41.5 Å². The predicted octanol–water partition coefficient (Wildman–Crippen LogP) is 4.23. The zero-order valence-corrected chi connectivity index (χ0v) is 15.4. The lowest BCUT2D eigenvalue weighted by Gasteiger charge is -2.43. The van der Waals surface area contributed by atoms with Crippen LogP contribution in [0.15, 0.2) is 52.7 Å². The van der Waals surface area contributed by atoms with Gasteiger partial charge >= 0.3 is 6.03 Å². The molecule has 3 aliphatic heterocycles. The van der Waals surface area contributed by atoms with Crippen LogP contribution in [0.4, 0.5) is 4.79 Å². The molecule has 2 N–H and O–H groups in total. The molecule has 2 aromatic rings. The number of benzene rings is 1. The highest BCUT2D eigenvalue weighted by Gasteiger charge is 2.39. The minimum atomic E-state index is -0.462. The van der Waals surface area contributed by atoms with Gasteiger partial charge in [0, 0.05) is 29.4 Å². The number of carbonyl (C=O) groups excluding carboxylic acids is 1. The fourth-order valence-corrected chi connectivity index (χ4v) is 4.11. The summed E-state index contributed by atoms with van der Waals surface area (Å²) in [5, 5.41) is 6.87.